The van der Waals surface area contributed by atoms with Crippen LogP contribution in [-0.4, -0.2) is 40.6 Å². The van der Waals surface area contributed by atoms with E-state index < -0.39 is 17.8 Å². The summed E-state index contributed by atoms with van der Waals surface area (Å²) in [7, 11) is 1.50. The molecule has 1 aromatic rings. The number of rotatable bonds is 5. The maximum Gasteiger partial charge on any atom is 0.368 e. The van der Waals surface area contributed by atoms with Crippen molar-refractivity contribution < 1.29 is 19.7 Å². The average molecular weight is 240 g/mol. The Morgan fingerprint density at radius 3 is 2.76 bits per heavy atom. The molecule has 0 aliphatic carbocycles. The smallest absolute Gasteiger partial charge is 0.368 e. The first-order valence-electron chi connectivity index (χ1n) is 5.24. The zero-order chi connectivity index (χ0) is 12.9. The highest BCUT2D eigenvalue weighted by atomic mass is 16.6. The van der Waals surface area contributed by atoms with Crippen molar-refractivity contribution in [1.82, 2.24) is 10.3 Å². The Hall–Kier alpha value is -1.50. The van der Waals surface area contributed by atoms with Gasteiger partial charge < -0.3 is 20.3 Å². The number of likely N-dealkylation sites (N-methyl/N-ethyl adjacent to an activating group) is 1. The molecule has 3 N–H and O–H groups in total. The molecule has 6 heteroatoms. The molecule has 1 unspecified atom stereocenters. The molecule has 0 aromatic carbocycles. The summed E-state index contributed by atoms with van der Waals surface area (Å²) in [5.41, 5.74) is 0.341. The molecule has 0 aliphatic heterocycles. The molecule has 94 valence electrons. The highest BCUT2D eigenvalue weighted by Crippen LogP contribution is 2.23. The first kappa shape index (κ1) is 13.6. The first-order valence-corrected chi connectivity index (χ1v) is 5.24. The summed E-state index contributed by atoms with van der Waals surface area (Å²) >= 11 is 0. The Balaban J connectivity index is 2.97. The van der Waals surface area contributed by atoms with Gasteiger partial charge in [0.2, 0.25) is 0 Å². The molecule has 1 aromatic heterocycles. The van der Waals surface area contributed by atoms with Gasteiger partial charge in [0.25, 0.3) is 5.79 Å². The molecule has 1 heterocycles. The molecule has 1 rings (SSSR count). The van der Waals surface area contributed by atoms with Crippen LogP contribution >= 0.6 is 0 Å². The third kappa shape index (κ3) is 3.00. The second-order valence-electron chi connectivity index (χ2n) is 3.42. The topological polar surface area (TPSA) is 91.7 Å². The molecule has 0 amide bonds. The second kappa shape index (κ2) is 5.72. The van der Waals surface area contributed by atoms with Gasteiger partial charge >= 0.3 is 5.97 Å². The molecule has 0 radical (unpaired) electrons. The number of ether oxygens (including phenoxy) is 1. The lowest BCUT2D eigenvalue weighted by molar-refractivity contribution is -0.219. The molecule has 0 spiro atoms. The predicted octanol–water partition coefficient (Wildman–Crippen LogP) is -0.414. The van der Waals surface area contributed by atoms with Crippen LogP contribution in [0.3, 0.4) is 0 Å². The van der Waals surface area contributed by atoms with Gasteiger partial charge in [0.1, 0.15) is 6.04 Å². The van der Waals surface area contributed by atoms with Gasteiger partial charge in [-0.25, -0.2) is 4.79 Å². The van der Waals surface area contributed by atoms with E-state index in [0.717, 1.165) is 0 Å². The molecule has 1 atom stereocenters. The van der Waals surface area contributed by atoms with Crippen LogP contribution in [0.15, 0.2) is 24.4 Å². The number of nitrogens with zero attached hydrogens (tertiary/aromatic N) is 1. The number of pyridine rings is 1. The van der Waals surface area contributed by atoms with Gasteiger partial charge in [-0.2, -0.15) is 0 Å². The largest absolute Gasteiger partial charge is 0.462 e. The minimum Gasteiger partial charge on any atom is -0.462 e. The number of carbonyl (C=O) groups excluding carboxylic acids is 1. The van der Waals surface area contributed by atoms with Gasteiger partial charge in [-0.05, 0) is 26.1 Å². The third-order valence-electron chi connectivity index (χ3n) is 2.25. The summed E-state index contributed by atoms with van der Waals surface area (Å²) in [5.74, 6) is -3.76. The van der Waals surface area contributed by atoms with E-state index in [1.54, 1.807) is 25.1 Å². The minimum absolute atomic E-state index is 0.0698. The number of hydrogen-bond acceptors (Lipinski definition) is 6. The zero-order valence-electron chi connectivity index (χ0n) is 9.75. The number of aliphatic hydroxyl groups is 2. The normalized spacial score (nSPS) is 13.2. The van der Waals surface area contributed by atoms with Gasteiger partial charge in [0, 0.05) is 6.20 Å². The van der Waals surface area contributed by atoms with Crippen LogP contribution < -0.4 is 5.32 Å². The van der Waals surface area contributed by atoms with Crippen LogP contribution in [0.1, 0.15) is 18.7 Å². The van der Waals surface area contributed by atoms with Crippen molar-refractivity contribution in [2.24, 2.45) is 0 Å². The fourth-order valence-electron chi connectivity index (χ4n) is 1.46. The number of esters is 1. The van der Waals surface area contributed by atoms with Gasteiger partial charge in [-0.15, -0.1) is 0 Å². The lowest BCUT2D eigenvalue weighted by atomic mass is 10.0. The maximum absolute atomic E-state index is 11.4. The summed E-state index contributed by atoms with van der Waals surface area (Å²) in [4.78, 5) is 15.4. The van der Waals surface area contributed by atoms with E-state index in [1.807, 2.05) is 0 Å². The quantitative estimate of drug-likeness (QED) is 0.478. The van der Waals surface area contributed by atoms with E-state index in [-0.39, 0.29) is 6.61 Å². The molecule has 0 saturated heterocycles. The summed E-state index contributed by atoms with van der Waals surface area (Å²) in [6, 6.07) is 3.91. The Kier molecular flexibility index (Phi) is 4.56. The van der Waals surface area contributed by atoms with E-state index >= 15 is 0 Å². The fraction of sp³-hybridized carbons (Fsp3) is 0.455. The van der Waals surface area contributed by atoms with Crippen molar-refractivity contribution in [3.8, 4) is 0 Å². The standard InChI is InChI=1S/C11H16N2O4/c1-3-17-10(14)11(15,16)9(12-2)8-6-4-5-7-13-8/h4-7,9,12,15-16H,3H2,1-2H3. The molecular weight excluding hydrogens is 224 g/mol. The number of aromatic nitrogens is 1. The number of nitrogens with one attached hydrogen (secondary N) is 1. The highest BCUT2D eigenvalue weighted by molar-refractivity contribution is 5.78. The number of hydrogen-bond donors (Lipinski definition) is 3. The third-order valence-corrected chi connectivity index (χ3v) is 2.25. The van der Waals surface area contributed by atoms with Crippen LogP contribution in [0.5, 0.6) is 0 Å². The van der Waals surface area contributed by atoms with Crippen molar-refractivity contribution in [1.29, 1.82) is 0 Å². The van der Waals surface area contributed by atoms with Crippen LogP contribution in [0.25, 0.3) is 0 Å². The molecule has 6 nitrogen and oxygen atoms in total. The van der Waals surface area contributed by atoms with Crippen molar-refractivity contribution in [3.05, 3.63) is 30.1 Å². The maximum atomic E-state index is 11.4. The van der Waals surface area contributed by atoms with Crippen molar-refractivity contribution in [2.45, 2.75) is 18.8 Å². The Bertz CT molecular complexity index is 367. The van der Waals surface area contributed by atoms with Gasteiger partial charge in [0.05, 0.1) is 12.3 Å². The average Bonchev–Trinajstić information content (AvgIpc) is 2.31. The second-order valence-corrected chi connectivity index (χ2v) is 3.42. The van der Waals surface area contributed by atoms with Crippen LogP contribution in [0, 0.1) is 0 Å². The van der Waals surface area contributed by atoms with E-state index in [4.69, 9.17) is 0 Å². The van der Waals surface area contributed by atoms with E-state index in [9.17, 15) is 15.0 Å². The summed E-state index contributed by atoms with van der Waals surface area (Å²) in [6.07, 6.45) is 1.50. The van der Waals surface area contributed by atoms with E-state index in [0.29, 0.717) is 5.69 Å². The zero-order valence-corrected chi connectivity index (χ0v) is 9.75. The Morgan fingerprint density at radius 2 is 2.29 bits per heavy atom. The summed E-state index contributed by atoms with van der Waals surface area (Å²) in [5, 5.41) is 22.2. The molecule has 0 bridgehead atoms. The predicted molar refractivity (Wildman–Crippen MR) is 59.8 cm³/mol. The Morgan fingerprint density at radius 1 is 1.59 bits per heavy atom. The summed E-state index contributed by atoms with van der Waals surface area (Å²) in [6.45, 7) is 1.66. The molecular formula is C11H16N2O4. The van der Waals surface area contributed by atoms with Crippen LogP contribution in [-0.2, 0) is 9.53 Å². The lowest BCUT2D eigenvalue weighted by Crippen LogP contribution is -2.50. The van der Waals surface area contributed by atoms with Crippen molar-refractivity contribution in [3.63, 3.8) is 0 Å². The number of carbonyl (C=O) groups is 1. The molecule has 17 heavy (non-hydrogen) atoms. The Labute approximate surface area is 99.3 Å². The molecule has 0 aliphatic rings. The van der Waals surface area contributed by atoms with Crippen molar-refractivity contribution in [2.75, 3.05) is 13.7 Å². The van der Waals surface area contributed by atoms with Gasteiger partial charge in [-0.1, -0.05) is 6.07 Å². The fourth-order valence-corrected chi connectivity index (χ4v) is 1.46. The van der Waals surface area contributed by atoms with Crippen LogP contribution in [0.2, 0.25) is 0 Å². The van der Waals surface area contributed by atoms with E-state index in [2.05, 4.69) is 15.0 Å². The lowest BCUT2D eigenvalue weighted by Gasteiger charge is -2.28. The molecule has 0 fully saturated rings. The SMILES string of the molecule is CCOC(=O)C(O)(O)C(NC)c1ccccn1. The summed E-state index contributed by atoms with van der Waals surface area (Å²) < 4.78 is 4.60. The highest BCUT2D eigenvalue weighted by Gasteiger charge is 2.44. The van der Waals surface area contributed by atoms with E-state index in [1.165, 1.54) is 13.2 Å². The van der Waals surface area contributed by atoms with Gasteiger partial charge in [-0.3, -0.25) is 4.98 Å². The van der Waals surface area contributed by atoms with Crippen molar-refractivity contribution >= 4 is 5.97 Å². The first-order chi connectivity index (χ1) is 8.04. The van der Waals surface area contributed by atoms with Gasteiger partial charge in [0.15, 0.2) is 0 Å². The van der Waals surface area contributed by atoms with Crippen LogP contribution in [0.4, 0.5) is 0 Å². The monoisotopic (exact) mass is 240 g/mol. The minimum atomic E-state index is -2.65. The molecule has 0 saturated carbocycles.